The van der Waals surface area contributed by atoms with Crippen molar-refractivity contribution in [2.75, 3.05) is 11.1 Å². The topological polar surface area (TPSA) is 81.1 Å². The van der Waals surface area contributed by atoms with Gasteiger partial charge in [-0.2, -0.15) is 0 Å². The summed E-state index contributed by atoms with van der Waals surface area (Å²) in [6.45, 7) is 2.08. The van der Waals surface area contributed by atoms with E-state index in [0.717, 1.165) is 30.2 Å². The number of nitrogens with one attached hydrogen (secondary N) is 1. The normalized spacial score (nSPS) is 10.4. The number of carbonyl (C=O) groups excluding carboxylic acids is 1. The number of primary amides is 1. The number of aryl methyl sites for hydroxylation is 1. The molecule has 1 amide bonds. The third kappa shape index (κ3) is 3.31. The third-order valence-corrected chi connectivity index (χ3v) is 3.21. The highest BCUT2D eigenvalue weighted by Gasteiger charge is 2.13. The van der Waals surface area contributed by atoms with Gasteiger partial charge in [-0.1, -0.05) is 31.5 Å². The van der Waals surface area contributed by atoms with Gasteiger partial charge in [-0.3, -0.25) is 4.79 Å². The van der Waals surface area contributed by atoms with Gasteiger partial charge in [0, 0.05) is 11.4 Å². The summed E-state index contributed by atoms with van der Waals surface area (Å²) >= 11 is 0. The van der Waals surface area contributed by atoms with Crippen LogP contribution in [0.4, 0.5) is 21.5 Å². The van der Waals surface area contributed by atoms with E-state index in [2.05, 4.69) is 12.2 Å². The van der Waals surface area contributed by atoms with Gasteiger partial charge >= 0.3 is 0 Å². The van der Waals surface area contributed by atoms with Crippen molar-refractivity contribution in [1.82, 2.24) is 0 Å². The maximum absolute atomic E-state index is 14.0. The molecular weight excluding hydrogens is 269 g/mol. The molecule has 0 atom stereocenters. The first-order valence-electron chi connectivity index (χ1n) is 6.76. The van der Waals surface area contributed by atoms with E-state index in [-0.39, 0.29) is 16.9 Å². The summed E-state index contributed by atoms with van der Waals surface area (Å²) < 4.78 is 14.0. The molecule has 0 aliphatic carbocycles. The van der Waals surface area contributed by atoms with Crippen LogP contribution in [0.15, 0.2) is 36.4 Å². The van der Waals surface area contributed by atoms with Gasteiger partial charge in [-0.05, 0) is 30.2 Å². The maximum atomic E-state index is 14.0. The van der Waals surface area contributed by atoms with Crippen LogP contribution >= 0.6 is 0 Å². The summed E-state index contributed by atoms with van der Waals surface area (Å²) in [6.07, 6.45) is 1.86. The fourth-order valence-electron chi connectivity index (χ4n) is 2.17. The molecule has 0 radical (unpaired) electrons. The summed E-state index contributed by atoms with van der Waals surface area (Å²) in [5.74, 6) is -1.21. The van der Waals surface area contributed by atoms with E-state index < -0.39 is 11.7 Å². The van der Waals surface area contributed by atoms with Crippen LogP contribution in [0.2, 0.25) is 0 Å². The second-order valence-electron chi connectivity index (χ2n) is 4.82. The minimum absolute atomic E-state index is 0.0346. The van der Waals surface area contributed by atoms with Crippen molar-refractivity contribution in [1.29, 1.82) is 0 Å². The van der Waals surface area contributed by atoms with E-state index >= 15 is 0 Å². The molecule has 0 unspecified atom stereocenters. The van der Waals surface area contributed by atoms with E-state index in [1.807, 2.05) is 24.3 Å². The average molecular weight is 287 g/mol. The molecule has 2 aromatic carbocycles. The number of nitrogens with two attached hydrogens (primary N) is 2. The zero-order valence-electron chi connectivity index (χ0n) is 11.8. The van der Waals surface area contributed by atoms with Gasteiger partial charge in [0.1, 0.15) is 5.82 Å². The number of benzene rings is 2. The molecule has 0 heterocycles. The van der Waals surface area contributed by atoms with Crippen LogP contribution in [0.3, 0.4) is 0 Å². The Morgan fingerprint density at radius 1 is 1.24 bits per heavy atom. The first-order chi connectivity index (χ1) is 10.0. The summed E-state index contributed by atoms with van der Waals surface area (Å²) in [4.78, 5) is 11.3. The molecule has 21 heavy (non-hydrogen) atoms. The summed E-state index contributed by atoms with van der Waals surface area (Å²) in [7, 11) is 0. The number of hydrogen-bond donors (Lipinski definition) is 3. The predicted molar refractivity (Wildman–Crippen MR) is 83.1 cm³/mol. The second-order valence-corrected chi connectivity index (χ2v) is 4.82. The quantitative estimate of drug-likeness (QED) is 0.739. The van der Waals surface area contributed by atoms with Gasteiger partial charge in [0.05, 0.1) is 11.3 Å². The molecule has 0 fully saturated rings. The highest BCUT2D eigenvalue weighted by atomic mass is 19.1. The Bertz CT molecular complexity index is 671. The molecule has 0 aliphatic heterocycles. The van der Waals surface area contributed by atoms with Crippen LogP contribution < -0.4 is 16.8 Å². The molecule has 2 rings (SSSR count). The third-order valence-electron chi connectivity index (χ3n) is 3.21. The monoisotopic (exact) mass is 287 g/mol. The zero-order chi connectivity index (χ0) is 15.4. The number of para-hydroxylation sites is 1. The van der Waals surface area contributed by atoms with Crippen molar-refractivity contribution in [2.45, 2.75) is 19.8 Å². The molecule has 0 aromatic heterocycles. The Morgan fingerprint density at radius 3 is 2.62 bits per heavy atom. The molecule has 0 aliphatic rings. The fraction of sp³-hybridized carbons (Fsp3) is 0.188. The van der Waals surface area contributed by atoms with Crippen molar-refractivity contribution < 1.29 is 9.18 Å². The minimum Gasteiger partial charge on any atom is -0.398 e. The van der Waals surface area contributed by atoms with Gasteiger partial charge in [0.2, 0.25) is 0 Å². The number of nitrogen functional groups attached to an aromatic ring is 1. The maximum Gasteiger partial charge on any atom is 0.250 e. The largest absolute Gasteiger partial charge is 0.398 e. The second kappa shape index (κ2) is 6.26. The van der Waals surface area contributed by atoms with Gasteiger partial charge < -0.3 is 16.8 Å². The van der Waals surface area contributed by atoms with E-state index in [1.165, 1.54) is 6.07 Å². The number of halogens is 1. The van der Waals surface area contributed by atoms with Crippen molar-refractivity contribution in [2.24, 2.45) is 5.73 Å². The summed E-state index contributed by atoms with van der Waals surface area (Å²) in [5.41, 5.74) is 13.0. The van der Waals surface area contributed by atoms with Crippen LogP contribution in [0.5, 0.6) is 0 Å². The van der Waals surface area contributed by atoms with Crippen molar-refractivity contribution in [3.63, 3.8) is 0 Å². The van der Waals surface area contributed by atoms with Crippen molar-refractivity contribution >= 4 is 23.0 Å². The summed E-state index contributed by atoms with van der Waals surface area (Å²) in [5, 5.41) is 3.01. The highest BCUT2D eigenvalue weighted by molar-refractivity contribution is 5.99. The predicted octanol–water partition coefficient (Wildman–Crippen LogP) is 3.20. The van der Waals surface area contributed by atoms with Crippen molar-refractivity contribution in [3.8, 4) is 0 Å². The smallest absolute Gasteiger partial charge is 0.250 e. The van der Waals surface area contributed by atoms with Crippen LogP contribution in [-0.2, 0) is 6.42 Å². The van der Waals surface area contributed by atoms with Crippen molar-refractivity contribution in [3.05, 3.63) is 53.3 Å². The van der Waals surface area contributed by atoms with Crippen LogP contribution in [0.25, 0.3) is 0 Å². The first-order valence-corrected chi connectivity index (χ1v) is 6.76. The van der Waals surface area contributed by atoms with Gasteiger partial charge in [0.15, 0.2) is 0 Å². The molecule has 2 aromatic rings. The molecule has 0 bridgehead atoms. The molecule has 5 heteroatoms. The average Bonchev–Trinajstić information content (AvgIpc) is 2.43. The lowest BCUT2D eigenvalue weighted by Crippen LogP contribution is -2.14. The van der Waals surface area contributed by atoms with E-state index in [0.29, 0.717) is 0 Å². The lowest BCUT2D eigenvalue weighted by molar-refractivity contribution is 0.100. The van der Waals surface area contributed by atoms with Gasteiger partial charge in [-0.15, -0.1) is 0 Å². The highest BCUT2D eigenvalue weighted by Crippen LogP contribution is 2.27. The molecule has 0 saturated carbocycles. The Balaban J connectivity index is 2.40. The molecule has 110 valence electrons. The SMILES string of the molecule is CCCc1ccccc1Nc1cc(C(N)=O)c(N)cc1F. The van der Waals surface area contributed by atoms with Crippen LogP contribution in [0.1, 0.15) is 29.3 Å². The number of rotatable bonds is 5. The fourth-order valence-corrected chi connectivity index (χ4v) is 2.17. The molecule has 5 N–H and O–H groups in total. The van der Waals surface area contributed by atoms with Crippen LogP contribution in [-0.4, -0.2) is 5.91 Å². The standard InChI is InChI=1S/C16H18FN3O/c1-2-5-10-6-3-4-7-14(10)20-15-8-11(16(19)21)13(18)9-12(15)17/h3-4,6-9,20H,2,5,18H2,1H3,(H2,19,21). The zero-order valence-corrected chi connectivity index (χ0v) is 11.8. The van der Waals surface area contributed by atoms with Gasteiger partial charge in [-0.25, -0.2) is 4.39 Å². The van der Waals surface area contributed by atoms with Gasteiger partial charge in [0.25, 0.3) is 5.91 Å². The Morgan fingerprint density at radius 2 is 1.95 bits per heavy atom. The molecule has 0 spiro atoms. The van der Waals surface area contributed by atoms with E-state index in [1.54, 1.807) is 0 Å². The number of amides is 1. The lowest BCUT2D eigenvalue weighted by atomic mass is 10.1. The molecule has 0 saturated heterocycles. The lowest BCUT2D eigenvalue weighted by Gasteiger charge is -2.14. The van der Waals surface area contributed by atoms with E-state index in [9.17, 15) is 9.18 Å². The molecule has 4 nitrogen and oxygen atoms in total. The minimum atomic E-state index is -0.683. The number of anilines is 3. The number of hydrogen-bond acceptors (Lipinski definition) is 3. The molecular formula is C16H18FN3O. The van der Waals surface area contributed by atoms with E-state index in [4.69, 9.17) is 11.5 Å². The summed E-state index contributed by atoms with van der Waals surface area (Å²) in [6, 6.07) is 10.1. The van der Waals surface area contributed by atoms with Crippen LogP contribution in [0, 0.1) is 5.82 Å². The Kier molecular flexibility index (Phi) is 4.42. The Labute approximate surface area is 123 Å². The first kappa shape index (κ1) is 14.8. The number of carbonyl (C=O) groups is 1. The Hall–Kier alpha value is -2.56.